The van der Waals surface area contributed by atoms with Gasteiger partial charge in [0, 0.05) is 3.57 Å². The van der Waals surface area contributed by atoms with Crippen molar-refractivity contribution in [2.24, 2.45) is 0 Å². The number of rotatable bonds is 1. The predicted octanol–water partition coefficient (Wildman–Crippen LogP) is 3.10. The Morgan fingerprint density at radius 1 is 1.58 bits per heavy atom. The van der Waals surface area contributed by atoms with E-state index in [1.54, 1.807) is 0 Å². The van der Waals surface area contributed by atoms with Gasteiger partial charge in [0.05, 0.1) is 11.0 Å². The molecular weight excluding hydrogens is 344 g/mol. The zero-order chi connectivity index (χ0) is 9.30. The second-order valence-corrected chi connectivity index (χ2v) is 3.93. The standard InChI is InChI=1S/C6H2BrFINO2/c7-6-4(9)1-3(8)2-5(6)10(11)12/h1-2H. The molecule has 0 amide bonds. The summed E-state index contributed by atoms with van der Waals surface area (Å²) in [6.45, 7) is 0. The molecule has 0 aliphatic heterocycles. The first-order valence-electron chi connectivity index (χ1n) is 2.81. The van der Waals surface area contributed by atoms with Gasteiger partial charge in [0.25, 0.3) is 5.69 Å². The molecule has 0 saturated carbocycles. The largest absolute Gasteiger partial charge is 0.287 e. The number of nitrogens with zero attached hydrogens (tertiary/aromatic N) is 1. The van der Waals surface area contributed by atoms with Gasteiger partial charge in [-0.3, -0.25) is 10.1 Å². The minimum atomic E-state index is -0.630. The molecule has 1 aromatic rings. The summed E-state index contributed by atoms with van der Waals surface area (Å²) in [5, 5.41) is 10.3. The molecular formula is C6H2BrFINO2. The second kappa shape index (κ2) is 3.65. The molecule has 3 nitrogen and oxygen atoms in total. The van der Waals surface area contributed by atoms with E-state index in [0.29, 0.717) is 8.04 Å². The highest BCUT2D eigenvalue weighted by Crippen LogP contribution is 2.30. The molecule has 0 saturated heterocycles. The summed E-state index contributed by atoms with van der Waals surface area (Å²) in [5.41, 5.74) is -0.251. The van der Waals surface area contributed by atoms with Gasteiger partial charge in [-0.25, -0.2) is 4.39 Å². The molecule has 0 aliphatic rings. The smallest absolute Gasteiger partial charge is 0.258 e. The molecule has 0 aromatic heterocycles. The zero-order valence-electron chi connectivity index (χ0n) is 5.55. The Hall–Kier alpha value is -0.240. The molecule has 0 heterocycles. The van der Waals surface area contributed by atoms with E-state index in [1.807, 2.05) is 22.6 Å². The summed E-state index contributed by atoms with van der Waals surface area (Å²) in [6, 6.07) is 2.10. The first-order valence-corrected chi connectivity index (χ1v) is 4.68. The lowest BCUT2D eigenvalue weighted by atomic mass is 10.3. The number of hydrogen-bond donors (Lipinski definition) is 0. The minimum absolute atomic E-state index is 0.251. The molecule has 1 rings (SSSR count). The second-order valence-electron chi connectivity index (χ2n) is 1.98. The van der Waals surface area contributed by atoms with E-state index in [4.69, 9.17) is 0 Å². The highest BCUT2D eigenvalue weighted by Gasteiger charge is 2.15. The molecule has 0 radical (unpaired) electrons. The third-order valence-electron chi connectivity index (χ3n) is 1.17. The number of nitro groups is 1. The molecule has 0 aliphatic carbocycles. The maximum absolute atomic E-state index is 12.6. The molecule has 0 N–H and O–H groups in total. The zero-order valence-corrected chi connectivity index (χ0v) is 9.30. The Morgan fingerprint density at radius 3 is 2.67 bits per heavy atom. The van der Waals surface area contributed by atoms with Gasteiger partial charge in [0.2, 0.25) is 0 Å². The third kappa shape index (κ3) is 1.92. The van der Waals surface area contributed by atoms with E-state index in [1.165, 1.54) is 6.07 Å². The Morgan fingerprint density at radius 2 is 2.17 bits per heavy atom. The van der Waals surface area contributed by atoms with Crippen molar-refractivity contribution in [3.8, 4) is 0 Å². The van der Waals surface area contributed by atoms with Crippen molar-refractivity contribution < 1.29 is 9.31 Å². The van der Waals surface area contributed by atoms with E-state index in [9.17, 15) is 14.5 Å². The van der Waals surface area contributed by atoms with Crippen LogP contribution in [0.15, 0.2) is 16.6 Å². The summed E-state index contributed by atoms with van der Waals surface area (Å²) in [4.78, 5) is 9.70. The van der Waals surface area contributed by atoms with Crippen LogP contribution in [-0.4, -0.2) is 4.92 Å². The van der Waals surface area contributed by atoms with E-state index >= 15 is 0 Å². The van der Waals surface area contributed by atoms with Gasteiger partial charge in [-0.15, -0.1) is 0 Å². The Kier molecular flexibility index (Phi) is 2.99. The molecule has 0 unspecified atom stereocenters. The van der Waals surface area contributed by atoms with Crippen LogP contribution in [0, 0.1) is 19.5 Å². The minimum Gasteiger partial charge on any atom is -0.258 e. The van der Waals surface area contributed by atoms with Crippen molar-refractivity contribution in [1.82, 2.24) is 0 Å². The summed E-state index contributed by atoms with van der Waals surface area (Å²) >= 11 is 4.82. The van der Waals surface area contributed by atoms with E-state index < -0.39 is 10.7 Å². The monoisotopic (exact) mass is 345 g/mol. The van der Waals surface area contributed by atoms with Crippen LogP contribution in [0.1, 0.15) is 0 Å². The Balaban J connectivity index is 3.37. The molecule has 0 spiro atoms. The van der Waals surface area contributed by atoms with Gasteiger partial charge in [0.1, 0.15) is 10.3 Å². The molecule has 0 fully saturated rings. The van der Waals surface area contributed by atoms with Crippen LogP contribution in [0.4, 0.5) is 10.1 Å². The average Bonchev–Trinajstić information content (AvgIpc) is 1.96. The quantitative estimate of drug-likeness (QED) is 0.340. The fraction of sp³-hybridized carbons (Fsp3) is 0. The Labute approximate surface area is 89.4 Å². The third-order valence-corrected chi connectivity index (χ3v) is 3.60. The van der Waals surface area contributed by atoms with Crippen LogP contribution < -0.4 is 0 Å². The number of benzene rings is 1. The van der Waals surface area contributed by atoms with Crippen molar-refractivity contribution in [2.75, 3.05) is 0 Å². The lowest BCUT2D eigenvalue weighted by molar-refractivity contribution is -0.385. The van der Waals surface area contributed by atoms with Crippen molar-refractivity contribution in [3.05, 3.63) is 36.1 Å². The molecule has 0 atom stereocenters. The van der Waals surface area contributed by atoms with Crippen LogP contribution in [0.5, 0.6) is 0 Å². The van der Waals surface area contributed by atoms with Gasteiger partial charge in [0.15, 0.2) is 0 Å². The fourth-order valence-electron chi connectivity index (χ4n) is 0.675. The fourth-order valence-corrected chi connectivity index (χ4v) is 1.62. The van der Waals surface area contributed by atoms with Gasteiger partial charge in [-0.05, 0) is 44.6 Å². The van der Waals surface area contributed by atoms with E-state index in [-0.39, 0.29) is 5.69 Å². The van der Waals surface area contributed by atoms with E-state index in [0.717, 1.165) is 6.07 Å². The van der Waals surface area contributed by atoms with Crippen LogP contribution in [0.25, 0.3) is 0 Å². The molecule has 12 heavy (non-hydrogen) atoms. The highest BCUT2D eigenvalue weighted by molar-refractivity contribution is 14.1. The first-order chi connectivity index (χ1) is 5.52. The SMILES string of the molecule is O=[N+]([O-])c1cc(F)cc(I)c1Br. The number of halogens is 3. The van der Waals surface area contributed by atoms with Crippen LogP contribution >= 0.6 is 38.5 Å². The van der Waals surface area contributed by atoms with Crippen LogP contribution in [0.3, 0.4) is 0 Å². The van der Waals surface area contributed by atoms with Crippen LogP contribution in [0.2, 0.25) is 0 Å². The predicted molar refractivity (Wildman–Crippen MR) is 53.5 cm³/mol. The topological polar surface area (TPSA) is 43.1 Å². The lowest BCUT2D eigenvalue weighted by Crippen LogP contribution is -1.92. The van der Waals surface area contributed by atoms with Crippen molar-refractivity contribution in [1.29, 1.82) is 0 Å². The van der Waals surface area contributed by atoms with Gasteiger partial charge in [-0.2, -0.15) is 0 Å². The first kappa shape index (κ1) is 9.85. The highest BCUT2D eigenvalue weighted by atomic mass is 127. The van der Waals surface area contributed by atoms with Gasteiger partial charge < -0.3 is 0 Å². The van der Waals surface area contributed by atoms with Crippen molar-refractivity contribution in [3.63, 3.8) is 0 Å². The number of nitro benzene ring substituents is 1. The molecule has 64 valence electrons. The average molecular weight is 346 g/mol. The summed E-state index contributed by atoms with van der Waals surface area (Å²) < 4.78 is 13.4. The molecule has 1 aromatic carbocycles. The van der Waals surface area contributed by atoms with Crippen molar-refractivity contribution >= 4 is 44.2 Å². The molecule has 6 heteroatoms. The van der Waals surface area contributed by atoms with Gasteiger partial charge in [-0.1, -0.05) is 0 Å². The lowest BCUT2D eigenvalue weighted by Gasteiger charge is -1.97. The normalized spacial score (nSPS) is 9.92. The maximum atomic E-state index is 12.6. The van der Waals surface area contributed by atoms with E-state index in [2.05, 4.69) is 15.9 Å². The number of hydrogen-bond acceptors (Lipinski definition) is 2. The molecule has 0 bridgehead atoms. The Bertz CT molecular complexity index is 345. The van der Waals surface area contributed by atoms with Crippen molar-refractivity contribution in [2.45, 2.75) is 0 Å². The summed E-state index contributed by atoms with van der Waals surface area (Å²) in [5.74, 6) is -0.603. The summed E-state index contributed by atoms with van der Waals surface area (Å²) in [6.07, 6.45) is 0. The van der Waals surface area contributed by atoms with Crippen LogP contribution in [-0.2, 0) is 0 Å². The van der Waals surface area contributed by atoms with Gasteiger partial charge >= 0.3 is 0 Å². The maximum Gasteiger partial charge on any atom is 0.287 e. The summed E-state index contributed by atoms with van der Waals surface area (Å²) in [7, 11) is 0.